The molecule has 2 aromatic heterocycles. The van der Waals surface area contributed by atoms with Crippen LogP contribution in [-0.4, -0.2) is 88.7 Å². The van der Waals surface area contributed by atoms with Gasteiger partial charge in [-0.1, -0.05) is 64.8 Å². The molecule has 5 aliphatic rings. The summed E-state index contributed by atoms with van der Waals surface area (Å²) in [4.78, 5) is 71.8. The number of thiophene rings is 1. The summed E-state index contributed by atoms with van der Waals surface area (Å²) in [5.41, 5.74) is 8.74. The number of H-pyrrole nitrogens is 1. The number of nitrogens with zero attached hydrogens (tertiary/aromatic N) is 4. The Balaban J connectivity index is 1.01. The first-order valence-electron chi connectivity index (χ1n) is 22.0. The zero-order chi connectivity index (χ0) is 42.3. The lowest BCUT2D eigenvalue weighted by Crippen LogP contribution is -2.51. The van der Waals surface area contributed by atoms with Crippen molar-refractivity contribution in [1.29, 1.82) is 0 Å². The number of esters is 1. The Hall–Kier alpha value is -4.78. The van der Waals surface area contributed by atoms with Gasteiger partial charge in [0.05, 0.1) is 50.5 Å². The second-order valence-electron chi connectivity index (χ2n) is 18.2. The van der Waals surface area contributed by atoms with Crippen LogP contribution in [-0.2, 0) is 35.7 Å². The van der Waals surface area contributed by atoms with Crippen LogP contribution in [0.15, 0.2) is 41.7 Å². The molecule has 1 spiro atoms. The second kappa shape index (κ2) is 17.3. The summed E-state index contributed by atoms with van der Waals surface area (Å²) in [5.74, 6) is -0.163. The topological polar surface area (TPSA) is 146 Å². The number of aromatic amines is 1. The Labute approximate surface area is 357 Å². The van der Waals surface area contributed by atoms with E-state index in [-0.39, 0.29) is 53.5 Å². The SMILES string of the molecule is COC(=O)C[C@H](C(=O)N1CCC[C@H]1C1=NC=C(c2sc(-c3ccc(-c4cnc([C@@H]5CCCN5C(=O)[C@@H](NC(=O)OC)C(C)C)[nH]4)cc3)c3c2CCC32CCCC2)C1)C(C)C. The first-order chi connectivity index (χ1) is 28.9. The minimum atomic E-state index is -0.682. The van der Waals surface area contributed by atoms with Crippen molar-refractivity contribution in [2.75, 3.05) is 27.3 Å². The van der Waals surface area contributed by atoms with Gasteiger partial charge in [-0.25, -0.2) is 9.78 Å². The van der Waals surface area contributed by atoms with Gasteiger partial charge in [0.1, 0.15) is 11.9 Å². The van der Waals surface area contributed by atoms with Crippen molar-refractivity contribution < 1.29 is 28.7 Å². The highest BCUT2D eigenvalue weighted by Gasteiger charge is 2.46. The number of carbonyl (C=O) groups excluding carboxylic acids is 4. The van der Waals surface area contributed by atoms with Crippen molar-refractivity contribution in [1.82, 2.24) is 25.1 Å². The number of alkyl carbamates (subject to hydrolysis) is 1. The predicted octanol–water partition coefficient (Wildman–Crippen LogP) is 8.62. The fourth-order valence-electron chi connectivity index (χ4n) is 10.7. The van der Waals surface area contributed by atoms with Gasteiger partial charge in [0.15, 0.2) is 0 Å². The molecule has 3 fully saturated rings. The lowest BCUT2D eigenvalue weighted by atomic mass is 9.79. The molecule has 5 heterocycles. The maximum atomic E-state index is 13.9. The number of aromatic nitrogens is 2. The molecule has 1 aromatic carbocycles. The van der Waals surface area contributed by atoms with Crippen molar-refractivity contribution in [3.8, 4) is 21.7 Å². The summed E-state index contributed by atoms with van der Waals surface area (Å²) in [6.07, 6.45) is 14.9. The smallest absolute Gasteiger partial charge is 0.407 e. The van der Waals surface area contributed by atoms with Gasteiger partial charge < -0.3 is 29.6 Å². The Morgan fingerprint density at radius 2 is 1.55 bits per heavy atom. The van der Waals surface area contributed by atoms with Gasteiger partial charge in [0.2, 0.25) is 11.8 Å². The Morgan fingerprint density at radius 3 is 2.22 bits per heavy atom. The quantitative estimate of drug-likeness (QED) is 0.174. The fraction of sp³-hybridized carbons (Fsp3) is 0.574. The lowest BCUT2D eigenvalue weighted by Gasteiger charge is -2.30. The van der Waals surface area contributed by atoms with E-state index in [0.717, 1.165) is 61.3 Å². The number of amides is 3. The lowest BCUT2D eigenvalue weighted by molar-refractivity contribution is -0.148. The van der Waals surface area contributed by atoms with E-state index >= 15 is 0 Å². The second-order valence-corrected chi connectivity index (χ2v) is 19.2. The van der Waals surface area contributed by atoms with Crippen LogP contribution in [0.1, 0.15) is 126 Å². The summed E-state index contributed by atoms with van der Waals surface area (Å²) in [7, 11) is 2.69. The third-order valence-corrected chi connectivity index (χ3v) is 15.3. The van der Waals surface area contributed by atoms with Gasteiger partial charge in [-0.05, 0) is 96.4 Å². The van der Waals surface area contributed by atoms with E-state index in [4.69, 9.17) is 19.5 Å². The number of methoxy groups -OCH3 is 2. The number of ether oxygens (including phenoxy) is 2. The average Bonchev–Trinajstić information content (AvgIpc) is 4.10. The summed E-state index contributed by atoms with van der Waals surface area (Å²) in [5, 5.41) is 2.73. The van der Waals surface area contributed by atoms with Crippen molar-refractivity contribution in [2.45, 2.75) is 128 Å². The largest absolute Gasteiger partial charge is 0.469 e. The van der Waals surface area contributed by atoms with E-state index in [9.17, 15) is 19.2 Å². The van der Waals surface area contributed by atoms with Crippen LogP contribution < -0.4 is 5.32 Å². The third kappa shape index (κ3) is 7.82. The number of allylic oxidation sites excluding steroid dienone is 1. The number of aliphatic imine (C=N–C) groups is 1. The summed E-state index contributed by atoms with van der Waals surface area (Å²) in [6.45, 7) is 9.14. The number of nitrogens with one attached hydrogen (secondary N) is 2. The highest BCUT2D eigenvalue weighted by molar-refractivity contribution is 7.17. The van der Waals surface area contributed by atoms with Crippen LogP contribution in [0, 0.1) is 17.8 Å². The van der Waals surface area contributed by atoms with E-state index in [2.05, 4.69) is 40.8 Å². The first-order valence-corrected chi connectivity index (χ1v) is 22.8. The van der Waals surface area contributed by atoms with Crippen molar-refractivity contribution in [2.24, 2.45) is 22.7 Å². The molecule has 0 bridgehead atoms. The highest BCUT2D eigenvalue weighted by Crippen LogP contribution is 2.58. The van der Waals surface area contributed by atoms with E-state index in [0.29, 0.717) is 13.1 Å². The third-order valence-electron chi connectivity index (χ3n) is 14.0. The van der Waals surface area contributed by atoms with Gasteiger partial charge >= 0.3 is 12.1 Å². The number of carbonyl (C=O) groups is 4. The number of fused-ring (bicyclic) bond motifs is 2. The summed E-state index contributed by atoms with van der Waals surface area (Å²) in [6, 6.07) is 7.91. The summed E-state index contributed by atoms with van der Waals surface area (Å²) >= 11 is 1.91. The minimum Gasteiger partial charge on any atom is -0.469 e. The van der Waals surface area contributed by atoms with Crippen LogP contribution in [0.5, 0.6) is 0 Å². The number of imidazole rings is 1. The number of likely N-dealkylation sites (tertiary alicyclic amines) is 2. The minimum absolute atomic E-state index is 0.0279. The maximum absolute atomic E-state index is 13.9. The van der Waals surface area contributed by atoms with Crippen LogP contribution in [0.2, 0.25) is 0 Å². The molecule has 320 valence electrons. The monoisotopic (exact) mass is 836 g/mol. The molecule has 8 rings (SSSR count). The molecule has 2 aliphatic carbocycles. The van der Waals surface area contributed by atoms with Crippen LogP contribution in [0.25, 0.3) is 27.3 Å². The zero-order valence-corrected chi connectivity index (χ0v) is 36.8. The van der Waals surface area contributed by atoms with Gasteiger partial charge in [-0.15, -0.1) is 11.3 Å². The Kier molecular flexibility index (Phi) is 12.1. The molecule has 12 nitrogen and oxygen atoms in total. The molecule has 1 saturated carbocycles. The number of benzene rings is 1. The van der Waals surface area contributed by atoms with Crippen LogP contribution >= 0.6 is 11.3 Å². The van der Waals surface area contributed by atoms with Crippen molar-refractivity contribution >= 4 is 46.5 Å². The standard InChI is InChI=1S/C47H60N6O6S/c1-27(2)33(24-38(54)58-5)44(55)52-21-9-11-36(52)34-23-31(25-48-34)41-32-17-20-47(18-7-8-19-47)39(32)42(60-41)30-15-13-29(14-16-30)35-26-49-43(50-35)37-12-10-22-53(37)45(56)40(28(3)4)51-46(57)59-6/h13-16,25-28,33,36-37,40H,7-12,17-24H2,1-6H3,(H,49,50)(H,51,57)/t33-,36-,37-,40-/m0/s1. The van der Waals surface area contributed by atoms with Gasteiger partial charge in [0, 0.05) is 41.2 Å². The molecule has 3 amide bonds. The number of hydrogen-bond donors (Lipinski definition) is 2. The molecule has 2 saturated heterocycles. The molecule has 2 N–H and O–H groups in total. The number of rotatable bonds is 12. The Bertz CT molecular complexity index is 2180. The maximum Gasteiger partial charge on any atom is 0.407 e. The molecule has 4 atom stereocenters. The van der Waals surface area contributed by atoms with Gasteiger partial charge in [0.25, 0.3) is 0 Å². The van der Waals surface area contributed by atoms with E-state index in [1.807, 2.05) is 55.0 Å². The molecule has 0 radical (unpaired) electrons. The Morgan fingerprint density at radius 1 is 0.867 bits per heavy atom. The van der Waals surface area contributed by atoms with Crippen LogP contribution in [0.3, 0.4) is 0 Å². The van der Waals surface area contributed by atoms with E-state index in [1.165, 1.54) is 72.8 Å². The fourth-order valence-corrected chi connectivity index (χ4v) is 12.1. The number of hydrogen-bond acceptors (Lipinski definition) is 9. The molecular weight excluding hydrogens is 777 g/mol. The molecule has 13 heteroatoms. The predicted molar refractivity (Wildman–Crippen MR) is 233 cm³/mol. The van der Waals surface area contributed by atoms with Gasteiger partial charge in [-0.2, -0.15) is 0 Å². The molecular formula is C47H60N6O6S. The molecule has 3 aromatic rings. The summed E-state index contributed by atoms with van der Waals surface area (Å²) < 4.78 is 9.75. The van der Waals surface area contributed by atoms with Crippen molar-refractivity contribution in [3.05, 3.63) is 58.5 Å². The van der Waals surface area contributed by atoms with Crippen molar-refractivity contribution in [3.63, 3.8) is 0 Å². The molecule has 60 heavy (non-hydrogen) atoms. The van der Waals surface area contributed by atoms with Crippen LogP contribution in [0.4, 0.5) is 4.79 Å². The molecule has 3 aliphatic heterocycles. The first kappa shape index (κ1) is 41.9. The average molecular weight is 837 g/mol. The van der Waals surface area contributed by atoms with Gasteiger partial charge in [-0.3, -0.25) is 19.4 Å². The molecule has 0 unspecified atom stereocenters. The zero-order valence-electron chi connectivity index (χ0n) is 36.0. The van der Waals surface area contributed by atoms with E-state index in [1.54, 1.807) is 5.56 Å². The van der Waals surface area contributed by atoms with E-state index < -0.39 is 18.1 Å². The highest BCUT2D eigenvalue weighted by atomic mass is 32.1. The normalized spacial score (nSPS) is 21.7.